The van der Waals surface area contributed by atoms with Gasteiger partial charge in [0.05, 0.1) is 6.42 Å². The van der Waals surface area contributed by atoms with Gasteiger partial charge >= 0.3 is 5.97 Å². The monoisotopic (exact) mass is 287 g/mol. The summed E-state index contributed by atoms with van der Waals surface area (Å²) in [6.07, 6.45) is 3.39. The fraction of sp³-hybridized carbons (Fsp3) is 0.867. The predicted octanol–water partition coefficient (Wildman–Crippen LogP) is 2.54. The summed E-state index contributed by atoms with van der Waals surface area (Å²) in [6, 6.07) is 0. The molecule has 0 unspecified atom stereocenters. The normalized spacial score (nSPS) is 10.8. The molecule has 0 aromatic rings. The third-order valence-corrected chi connectivity index (χ3v) is 2.89. The van der Waals surface area contributed by atoms with Crippen LogP contribution in [0.2, 0.25) is 0 Å². The van der Waals surface area contributed by atoms with Crippen LogP contribution in [0.15, 0.2) is 0 Å². The van der Waals surface area contributed by atoms with Crippen LogP contribution in [0.1, 0.15) is 52.9 Å². The van der Waals surface area contributed by atoms with E-state index in [1.54, 1.807) is 4.90 Å². The Morgan fingerprint density at radius 2 is 1.80 bits per heavy atom. The van der Waals surface area contributed by atoms with Crippen LogP contribution >= 0.6 is 0 Å². The van der Waals surface area contributed by atoms with Crippen LogP contribution in [0.25, 0.3) is 0 Å². The minimum absolute atomic E-state index is 0.000523. The van der Waals surface area contributed by atoms with E-state index in [2.05, 4.69) is 6.92 Å². The molecule has 0 rings (SSSR count). The van der Waals surface area contributed by atoms with Gasteiger partial charge in [0.15, 0.2) is 0 Å². The number of aliphatic carboxylic acids is 1. The van der Waals surface area contributed by atoms with Crippen molar-refractivity contribution in [1.82, 2.24) is 4.90 Å². The van der Waals surface area contributed by atoms with Crippen molar-refractivity contribution in [2.24, 2.45) is 5.92 Å². The SMILES string of the molecule is CCCCOCCCN(CCC(=O)O)C(=O)CC(C)C. The molecule has 0 bridgehead atoms. The van der Waals surface area contributed by atoms with Gasteiger partial charge < -0.3 is 14.7 Å². The molecular weight excluding hydrogens is 258 g/mol. The molecule has 0 saturated heterocycles. The van der Waals surface area contributed by atoms with Crippen molar-refractivity contribution in [3.63, 3.8) is 0 Å². The van der Waals surface area contributed by atoms with E-state index in [9.17, 15) is 9.59 Å². The van der Waals surface area contributed by atoms with Crippen molar-refractivity contribution in [3.05, 3.63) is 0 Å². The molecule has 20 heavy (non-hydrogen) atoms. The number of ether oxygens (including phenoxy) is 1. The summed E-state index contributed by atoms with van der Waals surface area (Å²) in [5, 5.41) is 8.73. The van der Waals surface area contributed by atoms with Crippen molar-refractivity contribution in [2.45, 2.75) is 52.9 Å². The number of rotatable bonds is 12. The summed E-state index contributed by atoms with van der Waals surface area (Å²) >= 11 is 0. The molecule has 0 heterocycles. The highest BCUT2D eigenvalue weighted by atomic mass is 16.5. The van der Waals surface area contributed by atoms with E-state index < -0.39 is 5.97 Å². The van der Waals surface area contributed by atoms with Crippen LogP contribution in [-0.4, -0.2) is 48.2 Å². The number of amides is 1. The zero-order valence-corrected chi connectivity index (χ0v) is 13.1. The van der Waals surface area contributed by atoms with Gasteiger partial charge in [-0.3, -0.25) is 9.59 Å². The molecule has 118 valence electrons. The van der Waals surface area contributed by atoms with Crippen LogP contribution in [-0.2, 0) is 14.3 Å². The lowest BCUT2D eigenvalue weighted by Gasteiger charge is -2.23. The number of hydrogen-bond donors (Lipinski definition) is 1. The van der Waals surface area contributed by atoms with Crippen LogP contribution in [0.4, 0.5) is 0 Å². The summed E-state index contributed by atoms with van der Waals surface area (Å²) in [4.78, 5) is 24.3. The van der Waals surface area contributed by atoms with Crippen LogP contribution < -0.4 is 0 Å². The first-order chi connectivity index (χ1) is 9.47. The first kappa shape index (κ1) is 18.9. The van der Waals surface area contributed by atoms with Gasteiger partial charge in [0.1, 0.15) is 0 Å². The molecule has 0 aromatic heterocycles. The lowest BCUT2D eigenvalue weighted by atomic mass is 10.1. The van der Waals surface area contributed by atoms with Crippen LogP contribution in [0, 0.1) is 5.92 Å². The lowest BCUT2D eigenvalue weighted by molar-refractivity contribution is -0.138. The second-order valence-corrected chi connectivity index (χ2v) is 5.44. The Morgan fingerprint density at radius 1 is 1.15 bits per heavy atom. The van der Waals surface area contributed by atoms with Crippen LogP contribution in [0.5, 0.6) is 0 Å². The summed E-state index contributed by atoms with van der Waals surface area (Å²) in [6.45, 7) is 8.33. The first-order valence-corrected chi connectivity index (χ1v) is 7.54. The fourth-order valence-corrected chi connectivity index (χ4v) is 1.78. The summed E-state index contributed by atoms with van der Waals surface area (Å²) in [5.74, 6) is -0.544. The molecule has 0 aliphatic heterocycles. The Kier molecular flexibility index (Phi) is 11.1. The van der Waals surface area contributed by atoms with Gasteiger partial charge in [-0.05, 0) is 18.8 Å². The number of unbranched alkanes of at least 4 members (excludes halogenated alkanes) is 1. The Balaban J connectivity index is 4.04. The van der Waals surface area contributed by atoms with E-state index in [0.29, 0.717) is 19.6 Å². The van der Waals surface area contributed by atoms with E-state index in [1.165, 1.54) is 0 Å². The van der Waals surface area contributed by atoms with Gasteiger partial charge in [-0.1, -0.05) is 27.2 Å². The Labute approximate surface area is 122 Å². The van der Waals surface area contributed by atoms with Crippen molar-refractivity contribution in [3.8, 4) is 0 Å². The molecule has 5 heteroatoms. The van der Waals surface area contributed by atoms with E-state index in [0.717, 1.165) is 25.9 Å². The van der Waals surface area contributed by atoms with Crippen molar-refractivity contribution < 1.29 is 19.4 Å². The third kappa shape index (κ3) is 10.8. The van der Waals surface area contributed by atoms with Crippen LogP contribution in [0.3, 0.4) is 0 Å². The van der Waals surface area contributed by atoms with Gasteiger partial charge in [-0.25, -0.2) is 0 Å². The quantitative estimate of drug-likeness (QED) is 0.560. The maximum absolute atomic E-state index is 12.0. The largest absolute Gasteiger partial charge is 0.481 e. The molecule has 0 spiro atoms. The number of carbonyl (C=O) groups excluding carboxylic acids is 1. The third-order valence-electron chi connectivity index (χ3n) is 2.89. The van der Waals surface area contributed by atoms with E-state index >= 15 is 0 Å². The molecule has 1 amide bonds. The minimum Gasteiger partial charge on any atom is -0.481 e. The van der Waals surface area contributed by atoms with Gasteiger partial charge in [0.25, 0.3) is 0 Å². The van der Waals surface area contributed by atoms with E-state index in [4.69, 9.17) is 9.84 Å². The Morgan fingerprint density at radius 3 is 2.35 bits per heavy atom. The summed E-state index contributed by atoms with van der Waals surface area (Å²) < 4.78 is 5.46. The maximum atomic E-state index is 12.0. The highest BCUT2D eigenvalue weighted by Crippen LogP contribution is 2.06. The standard InChI is InChI=1S/C15H29NO4/c1-4-5-10-20-11-6-8-16(9-7-15(18)19)14(17)12-13(2)3/h13H,4-12H2,1-3H3,(H,18,19). The minimum atomic E-state index is -0.869. The average Bonchev–Trinajstić information content (AvgIpc) is 2.35. The Hall–Kier alpha value is -1.10. The first-order valence-electron chi connectivity index (χ1n) is 7.54. The highest BCUT2D eigenvalue weighted by molar-refractivity contribution is 5.77. The Bertz CT molecular complexity index is 279. The van der Waals surface area contributed by atoms with Crippen molar-refractivity contribution in [2.75, 3.05) is 26.3 Å². The van der Waals surface area contributed by atoms with Gasteiger partial charge in [-0.2, -0.15) is 0 Å². The zero-order valence-electron chi connectivity index (χ0n) is 13.1. The fourth-order valence-electron chi connectivity index (χ4n) is 1.78. The topological polar surface area (TPSA) is 66.8 Å². The lowest BCUT2D eigenvalue weighted by Crippen LogP contribution is -2.35. The number of hydrogen-bond acceptors (Lipinski definition) is 3. The van der Waals surface area contributed by atoms with Crippen molar-refractivity contribution >= 4 is 11.9 Å². The molecular formula is C15H29NO4. The average molecular weight is 287 g/mol. The molecule has 0 saturated carbocycles. The molecule has 5 nitrogen and oxygen atoms in total. The maximum Gasteiger partial charge on any atom is 0.305 e. The number of nitrogens with zero attached hydrogens (tertiary/aromatic N) is 1. The predicted molar refractivity (Wildman–Crippen MR) is 78.6 cm³/mol. The van der Waals surface area contributed by atoms with Gasteiger partial charge in [0.2, 0.25) is 5.91 Å². The molecule has 0 aliphatic rings. The smallest absolute Gasteiger partial charge is 0.305 e. The van der Waals surface area contributed by atoms with E-state index in [1.807, 2.05) is 13.8 Å². The van der Waals surface area contributed by atoms with Crippen molar-refractivity contribution in [1.29, 1.82) is 0 Å². The van der Waals surface area contributed by atoms with Gasteiger partial charge in [0, 0.05) is 32.7 Å². The van der Waals surface area contributed by atoms with Gasteiger partial charge in [-0.15, -0.1) is 0 Å². The molecule has 0 atom stereocenters. The number of carbonyl (C=O) groups is 2. The highest BCUT2D eigenvalue weighted by Gasteiger charge is 2.15. The zero-order chi connectivity index (χ0) is 15.4. The van der Waals surface area contributed by atoms with E-state index in [-0.39, 0.29) is 24.8 Å². The summed E-state index contributed by atoms with van der Waals surface area (Å²) in [7, 11) is 0. The molecule has 1 N–H and O–H groups in total. The second kappa shape index (κ2) is 11.7. The molecule has 0 aliphatic carbocycles. The summed E-state index contributed by atoms with van der Waals surface area (Å²) in [5.41, 5.74) is 0. The second-order valence-electron chi connectivity index (χ2n) is 5.44. The molecule has 0 aromatic carbocycles. The number of carboxylic acids is 1. The number of carboxylic acid groups (broad SMARTS) is 1. The molecule has 0 fully saturated rings. The molecule has 0 radical (unpaired) electrons.